The minimum Gasteiger partial charge on any atom is -0.355 e. The lowest BCUT2D eigenvalue weighted by molar-refractivity contribution is -0.126. The molecular formula is C18H23N5O2S. The maximum atomic E-state index is 12.4. The van der Waals surface area contributed by atoms with Crippen molar-refractivity contribution in [2.75, 3.05) is 19.6 Å². The Hall–Kier alpha value is -2.22. The lowest BCUT2D eigenvalue weighted by Gasteiger charge is -2.31. The van der Waals surface area contributed by atoms with Crippen molar-refractivity contribution in [1.29, 1.82) is 0 Å². The van der Waals surface area contributed by atoms with Crippen molar-refractivity contribution in [3.05, 3.63) is 34.0 Å². The Kier molecular flexibility index (Phi) is 5.01. The molecule has 0 radical (unpaired) electrons. The number of carbonyl (C=O) groups excluding carboxylic acids is 2. The molecule has 8 heteroatoms. The molecule has 2 aromatic heterocycles. The van der Waals surface area contributed by atoms with Crippen molar-refractivity contribution >= 4 is 23.2 Å². The molecule has 2 aliphatic heterocycles. The van der Waals surface area contributed by atoms with Crippen molar-refractivity contribution in [1.82, 2.24) is 25.0 Å². The molecule has 2 amide bonds. The van der Waals surface area contributed by atoms with E-state index in [1.54, 1.807) is 0 Å². The largest absolute Gasteiger partial charge is 0.355 e. The standard InChI is InChI=1S/C18H23N5O2S/c24-17(19-8-5-16-21-20-15-4-1-9-23(15)16)13-6-10-22(11-7-13)18(25)14-3-2-12-26-14/h2-3,12-13H,1,4-11H2,(H,19,24). The normalized spacial score (nSPS) is 17.3. The van der Waals surface area contributed by atoms with Gasteiger partial charge in [-0.05, 0) is 30.7 Å². The molecule has 0 atom stereocenters. The van der Waals surface area contributed by atoms with Crippen LogP contribution in [0.3, 0.4) is 0 Å². The zero-order valence-electron chi connectivity index (χ0n) is 14.7. The van der Waals surface area contributed by atoms with Gasteiger partial charge >= 0.3 is 0 Å². The van der Waals surface area contributed by atoms with Crippen LogP contribution in [0.25, 0.3) is 0 Å². The van der Waals surface area contributed by atoms with Crippen molar-refractivity contribution in [2.45, 2.75) is 38.6 Å². The molecule has 138 valence electrons. The summed E-state index contributed by atoms with van der Waals surface area (Å²) in [4.78, 5) is 27.4. The Balaban J connectivity index is 1.22. The maximum absolute atomic E-state index is 12.4. The molecule has 2 aromatic rings. The second-order valence-electron chi connectivity index (χ2n) is 6.87. The van der Waals surface area contributed by atoms with Crippen LogP contribution in [0.2, 0.25) is 0 Å². The number of likely N-dealkylation sites (tertiary alicyclic amines) is 1. The molecule has 0 spiro atoms. The number of nitrogens with zero attached hydrogens (tertiary/aromatic N) is 4. The lowest BCUT2D eigenvalue weighted by atomic mass is 9.95. The molecule has 0 bridgehead atoms. The fraction of sp³-hybridized carbons (Fsp3) is 0.556. The number of piperidine rings is 1. The van der Waals surface area contributed by atoms with E-state index in [1.165, 1.54) is 11.3 Å². The smallest absolute Gasteiger partial charge is 0.263 e. The van der Waals surface area contributed by atoms with Crippen LogP contribution in [0.1, 0.15) is 40.6 Å². The molecule has 0 aliphatic carbocycles. The number of hydrogen-bond acceptors (Lipinski definition) is 5. The van der Waals surface area contributed by atoms with Crippen LogP contribution in [0, 0.1) is 5.92 Å². The number of hydrogen-bond donors (Lipinski definition) is 1. The molecule has 0 unspecified atom stereocenters. The van der Waals surface area contributed by atoms with Gasteiger partial charge in [0.15, 0.2) is 0 Å². The SMILES string of the molecule is O=C(NCCc1nnc2n1CCC2)C1CCN(C(=O)c2cccs2)CC1. The quantitative estimate of drug-likeness (QED) is 0.861. The van der Waals surface area contributed by atoms with Crippen LogP contribution in [-0.4, -0.2) is 51.1 Å². The van der Waals surface area contributed by atoms with Crippen LogP contribution >= 0.6 is 11.3 Å². The average molecular weight is 373 g/mol. The molecule has 4 heterocycles. The predicted octanol–water partition coefficient (Wildman–Crippen LogP) is 1.50. The van der Waals surface area contributed by atoms with Gasteiger partial charge in [0, 0.05) is 44.9 Å². The van der Waals surface area contributed by atoms with Gasteiger partial charge in [0.2, 0.25) is 5.91 Å². The minimum absolute atomic E-state index is 0.00787. The van der Waals surface area contributed by atoms with E-state index in [4.69, 9.17) is 0 Å². The molecule has 1 saturated heterocycles. The van der Waals surface area contributed by atoms with E-state index in [-0.39, 0.29) is 17.7 Å². The first-order chi connectivity index (χ1) is 12.7. The summed E-state index contributed by atoms with van der Waals surface area (Å²) < 4.78 is 2.17. The van der Waals surface area contributed by atoms with Gasteiger partial charge < -0.3 is 14.8 Å². The van der Waals surface area contributed by atoms with Crippen LogP contribution < -0.4 is 5.32 Å². The minimum atomic E-state index is -0.00787. The molecular weight excluding hydrogens is 350 g/mol. The van der Waals surface area contributed by atoms with E-state index in [0.29, 0.717) is 26.1 Å². The fourth-order valence-corrected chi connectivity index (χ4v) is 4.43. The molecule has 1 N–H and O–H groups in total. The highest BCUT2D eigenvalue weighted by Crippen LogP contribution is 2.21. The first-order valence-electron chi connectivity index (χ1n) is 9.24. The highest BCUT2D eigenvalue weighted by atomic mass is 32.1. The van der Waals surface area contributed by atoms with Crippen molar-refractivity contribution in [3.8, 4) is 0 Å². The first kappa shape index (κ1) is 17.2. The van der Waals surface area contributed by atoms with Crippen LogP contribution in [-0.2, 0) is 24.2 Å². The predicted molar refractivity (Wildman–Crippen MR) is 98.0 cm³/mol. The van der Waals surface area contributed by atoms with Crippen LogP contribution in [0.4, 0.5) is 0 Å². The van der Waals surface area contributed by atoms with Gasteiger partial charge in [0.05, 0.1) is 4.88 Å². The number of nitrogens with one attached hydrogen (secondary N) is 1. The van der Waals surface area contributed by atoms with E-state index in [1.807, 2.05) is 22.4 Å². The monoisotopic (exact) mass is 373 g/mol. The second kappa shape index (κ2) is 7.57. The highest BCUT2D eigenvalue weighted by Gasteiger charge is 2.28. The number of fused-ring (bicyclic) bond motifs is 1. The van der Waals surface area contributed by atoms with Crippen molar-refractivity contribution in [3.63, 3.8) is 0 Å². The molecule has 2 aliphatic rings. The molecule has 7 nitrogen and oxygen atoms in total. The second-order valence-corrected chi connectivity index (χ2v) is 7.82. The fourth-order valence-electron chi connectivity index (χ4n) is 3.74. The summed E-state index contributed by atoms with van der Waals surface area (Å²) >= 11 is 1.47. The summed E-state index contributed by atoms with van der Waals surface area (Å²) in [5.74, 6) is 2.20. The number of amides is 2. The van der Waals surface area contributed by atoms with Gasteiger partial charge in [-0.3, -0.25) is 9.59 Å². The summed E-state index contributed by atoms with van der Waals surface area (Å²) in [5.41, 5.74) is 0. The van der Waals surface area contributed by atoms with Gasteiger partial charge in [-0.1, -0.05) is 6.07 Å². The summed E-state index contributed by atoms with van der Waals surface area (Å²) in [6.45, 7) is 2.87. The van der Waals surface area contributed by atoms with Gasteiger partial charge in [-0.25, -0.2) is 0 Å². The van der Waals surface area contributed by atoms with E-state index in [9.17, 15) is 9.59 Å². The van der Waals surface area contributed by atoms with Gasteiger partial charge in [-0.2, -0.15) is 0 Å². The highest BCUT2D eigenvalue weighted by molar-refractivity contribution is 7.12. The summed E-state index contributed by atoms with van der Waals surface area (Å²) in [7, 11) is 0. The Morgan fingerprint density at radius 1 is 1.23 bits per heavy atom. The number of carbonyl (C=O) groups is 2. The Bertz CT molecular complexity index is 778. The Morgan fingerprint density at radius 2 is 2.08 bits per heavy atom. The number of aryl methyl sites for hydroxylation is 1. The topological polar surface area (TPSA) is 80.1 Å². The third-order valence-electron chi connectivity index (χ3n) is 5.22. The van der Waals surface area contributed by atoms with Gasteiger partial charge in [-0.15, -0.1) is 21.5 Å². The summed E-state index contributed by atoms with van der Waals surface area (Å²) in [6, 6.07) is 3.75. The zero-order chi connectivity index (χ0) is 17.9. The van der Waals surface area contributed by atoms with Crippen LogP contribution in [0.15, 0.2) is 17.5 Å². The molecule has 0 saturated carbocycles. The Morgan fingerprint density at radius 3 is 2.85 bits per heavy atom. The van der Waals surface area contributed by atoms with E-state index in [0.717, 1.165) is 48.8 Å². The third-order valence-corrected chi connectivity index (χ3v) is 6.08. The van der Waals surface area contributed by atoms with E-state index >= 15 is 0 Å². The number of aromatic nitrogens is 3. The lowest BCUT2D eigenvalue weighted by Crippen LogP contribution is -2.43. The Labute approximate surface area is 156 Å². The number of thiophene rings is 1. The van der Waals surface area contributed by atoms with Gasteiger partial charge in [0.1, 0.15) is 11.6 Å². The zero-order valence-corrected chi connectivity index (χ0v) is 15.5. The van der Waals surface area contributed by atoms with Gasteiger partial charge in [0.25, 0.3) is 5.91 Å². The maximum Gasteiger partial charge on any atom is 0.263 e. The molecule has 1 fully saturated rings. The molecule has 4 rings (SSSR count). The summed E-state index contributed by atoms with van der Waals surface area (Å²) in [6.07, 6.45) is 4.30. The molecule has 0 aromatic carbocycles. The average Bonchev–Trinajstić information content (AvgIpc) is 3.40. The van der Waals surface area contributed by atoms with Crippen molar-refractivity contribution < 1.29 is 9.59 Å². The number of rotatable bonds is 5. The van der Waals surface area contributed by atoms with E-state index < -0.39 is 0 Å². The third kappa shape index (κ3) is 3.51. The summed E-state index contributed by atoms with van der Waals surface area (Å²) in [5, 5.41) is 13.4. The van der Waals surface area contributed by atoms with Crippen molar-refractivity contribution in [2.24, 2.45) is 5.92 Å². The first-order valence-corrected chi connectivity index (χ1v) is 10.1. The molecule has 26 heavy (non-hydrogen) atoms. The van der Waals surface area contributed by atoms with E-state index in [2.05, 4.69) is 20.1 Å². The van der Waals surface area contributed by atoms with Crippen LogP contribution in [0.5, 0.6) is 0 Å².